The van der Waals surface area contributed by atoms with Gasteiger partial charge >= 0.3 is 0 Å². The van der Waals surface area contributed by atoms with Crippen LogP contribution in [0, 0.1) is 0 Å². The lowest BCUT2D eigenvalue weighted by Crippen LogP contribution is -2.31. The van der Waals surface area contributed by atoms with Crippen LogP contribution in [0.15, 0.2) is 36.4 Å². The van der Waals surface area contributed by atoms with E-state index in [9.17, 15) is 19.2 Å². The Kier molecular flexibility index (Phi) is 3.15. The molecule has 0 saturated carbocycles. The minimum atomic E-state index is -0.341. The van der Waals surface area contributed by atoms with Crippen LogP contribution >= 0.6 is 0 Å². The predicted octanol–water partition coefficient (Wildman–Crippen LogP) is 1.57. The molecule has 4 amide bonds. The van der Waals surface area contributed by atoms with E-state index in [1.807, 2.05) is 0 Å². The van der Waals surface area contributed by atoms with Crippen molar-refractivity contribution in [3.8, 4) is 11.1 Å². The van der Waals surface area contributed by atoms with E-state index in [1.54, 1.807) is 43.2 Å². The van der Waals surface area contributed by atoms with Crippen molar-refractivity contribution in [1.29, 1.82) is 0 Å². The maximum atomic E-state index is 12.3. The molecule has 2 heterocycles. The fourth-order valence-corrected chi connectivity index (χ4v) is 3.30. The fraction of sp³-hybridized carbons (Fsp3) is 0.111. The highest BCUT2D eigenvalue weighted by atomic mass is 16.2. The van der Waals surface area contributed by atoms with Gasteiger partial charge < -0.3 is 4.81 Å². The van der Waals surface area contributed by atoms with Crippen LogP contribution in [0.5, 0.6) is 0 Å². The van der Waals surface area contributed by atoms with Crippen LogP contribution < -0.4 is 0 Å². The fourth-order valence-electron chi connectivity index (χ4n) is 3.30. The second-order valence-electron chi connectivity index (χ2n) is 6.04. The van der Waals surface area contributed by atoms with Crippen LogP contribution in [0.1, 0.15) is 41.4 Å². The van der Waals surface area contributed by atoms with Crippen molar-refractivity contribution in [1.82, 2.24) is 9.71 Å². The normalized spacial score (nSPS) is 15.8. The van der Waals surface area contributed by atoms with Crippen molar-refractivity contribution in [3.05, 3.63) is 58.7 Å². The summed E-state index contributed by atoms with van der Waals surface area (Å²) in [7, 11) is 1.77. The molecule has 0 aromatic heterocycles. The summed E-state index contributed by atoms with van der Waals surface area (Å²) in [5.41, 5.74) is 2.92. The Bertz CT molecular complexity index is 999. The maximum absolute atomic E-state index is 12.3. The molecule has 0 atom stereocenters. The van der Waals surface area contributed by atoms with E-state index < -0.39 is 0 Å². The van der Waals surface area contributed by atoms with Crippen LogP contribution in [0.4, 0.5) is 0 Å². The summed E-state index contributed by atoms with van der Waals surface area (Å²) >= 11 is 0. The Morgan fingerprint density at radius 3 is 1.68 bits per heavy atom. The van der Waals surface area contributed by atoms with Crippen molar-refractivity contribution < 1.29 is 19.2 Å². The number of carbonyl (C=O) groups excluding carboxylic acids is 4. The van der Waals surface area contributed by atoms with E-state index in [4.69, 9.17) is 0 Å². The average Bonchev–Trinajstić information content (AvgIpc) is 3.00. The van der Waals surface area contributed by atoms with Gasteiger partial charge in [0.1, 0.15) is 0 Å². The molecule has 0 bridgehead atoms. The summed E-state index contributed by atoms with van der Waals surface area (Å²) in [4.78, 5) is 50.9. The molecule has 2 aromatic rings. The van der Waals surface area contributed by atoms with Crippen LogP contribution in [0.3, 0.4) is 0 Å². The molecule has 0 saturated heterocycles. The molecule has 0 radical (unpaired) electrons. The number of fused-ring (bicyclic) bond motifs is 2. The Morgan fingerprint density at radius 1 is 0.680 bits per heavy atom. The molecule has 0 fully saturated rings. The predicted molar refractivity (Wildman–Crippen MR) is 91.8 cm³/mol. The molecule has 2 aliphatic heterocycles. The molecular formula is C18H13BN2O4. The average molecular weight is 332 g/mol. The van der Waals surface area contributed by atoms with E-state index in [-0.39, 0.29) is 23.6 Å². The number of benzene rings is 2. The summed E-state index contributed by atoms with van der Waals surface area (Å²) in [5, 5.41) is 0. The topological polar surface area (TPSA) is 74.8 Å². The Balaban J connectivity index is 1.80. The number of imide groups is 2. The quantitative estimate of drug-likeness (QED) is 0.618. The molecular weight excluding hydrogens is 319 g/mol. The largest absolute Gasteiger partial charge is 0.325 e. The van der Waals surface area contributed by atoms with Gasteiger partial charge in [0.15, 0.2) is 0 Å². The van der Waals surface area contributed by atoms with E-state index in [1.165, 1.54) is 11.9 Å². The molecule has 25 heavy (non-hydrogen) atoms. The van der Waals surface area contributed by atoms with E-state index in [2.05, 4.69) is 0 Å². The minimum Gasteiger partial charge on any atom is -0.325 e. The number of hydrogen-bond acceptors (Lipinski definition) is 4. The van der Waals surface area contributed by atoms with Crippen molar-refractivity contribution in [3.63, 3.8) is 0 Å². The van der Waals surface area contributed by atoms with E-state index in [0.717, 1.165) is 10.5 Å². The number of carbonyl (C=O) groups is 4. The maximum Gasteiger partial charge on any atom is 0.261 e. The standard InChI is InChI=1S/C18H13BN2O4/c1-19-21-17(24)12-6-4-10(8-14(12)18(21)25)9-3-5-11-13(7-9)16(23)20(2)15(11)22/h3-8,19H,1-2H3. The van der Waals surface area contributed by atoms with Crippen molar-refractivity contribution in [2.75, 3.05) is 7.05 Å². The van der Waals surface area contributed by atoms with Crippen LogP contribution in [0.25, 0.3) is 11.1 Å². The summed E-state index contributed by atoms with van der Waals surface area (Å²) in [6.45, 7) is 1.75. The Hall–Kier alpha value is -3.22. The number of hydrogen-bond donors (Lipinski definition) is 0. The van der Waals surface area contributed by atoms with Crippen molar-refractivity contribution >= 4 is 31.0 Å². The first-order valence-electron chi connectivity index (χ1n) is 7.91. The highest BCUT2D eigenvalue weighted by molar-refractivity contribution is 6.47. The molecule has 6 nitrogen and oxygen atoms in total. The van der Waals surface area contributed by atoms with Gasteiger partial charge in [-0.15, -0.1) is 0 Å². The van der Waals surface area contributed by atoms with Gasteiger partial charge in [-0.3, -0.25) is 24.1 Å². The number of rotatable bonds is 2. The first-order valence-corrected chi connectivity index (χ1v) is 7.91. The second-order valence-corrected chi connectivity index (χ2v) is 6.04. The lowest BCUT2D eigenvalue weighted by atomic mass is 9.96. The zero-order valence-electron chi connectivity index (χ0n) is 13.7. The van der Waals surface area contributed by atoms with Crippen LogP contribution in [-0.4, -0.2) is 47.8 Å². The van der Waals surface area contributed by atoms with Gasteiger partial charge in [0.25, 0.3) is 11.8 Å². The third-order valence-corrected chi connectivity index (χ3v) is 4.71. The van der Waals surface area contributed by atoms with Gasteiger partial charge in [-0.2, -0.15) is 0 Å². The van der Waals surface area contributed by atoms with Gasteiger partial charge in [0, 0.05) is 7.05 Å². The molecule has 7 heteroatoms. The van der Waals surface area contributed by atoms with Gasteiger partial charge in [-0.1, -0.05) is 19.0 Å². The lowest BCUT2D eigenvalue weighted by Gasteiger charge is -2.08. The molecule has 0 unspecified atom stereocenters. The van der Waals surface area contributed by atoms with Crippen molar-refractivity contribution in [2.45, 2.75) is 6.82 Å². The smallest absolute Gasteiger partial charge is 0.261 e. The Morgan fingerprint density at radius 2 is 1.12 bits per heavy atom. The van der Waals surface area contributed by atoms with E-state index >= 15 is 0 Å². The highest BCUT2D eigenvalue weighted by Crippen LogP contribution is 2.31. The molecule has 4 rings (SSSR count). The molecule has 0 spiro atoms. The molecule has 2 aromatic carbocycles. The van der Waals surface area contributed by atoms with Crippen molar-refractivity contribution in [2.24, 2.45) is 0 Å². The van der Waals surface area contributed by atoms with Gasteiger partial charge in [-0.05, 0) is 35.4 Å². The van der Waals surface area contributed by atoms with Gasteiger partial charge in [-0.25, -0.2) is 0 Å². The van der Waals surface area contributed by atoms with Gasteiger partial charge in [0.05, 0.1) is 22.3 Å². The third-order valence-electron chi connectivity index (χ3n) is 4.71. The molecule has 0 N–H and O–H groups in total. The lowest BCUT2D eigenvalue weighted by molar-refractivity contribution is 0.0689. The third kappa shape index (κ3) is 1.99. The number of nitrogens with zero attached hydrogens (tertiary/aromatic N) is 2. The zero-order chi connectivity index (χ0) is 17.9. The first-order chi connectivity index (χ1) is 11.9. The van der Waals surface area contributed by atoms with Crippen LogP contribution in [0.2, 0.25) is 6.82 Å². The van der Waals surface area contributed by atoms with E-state index in [0.29, 0.717) is 35.2 Å². The summed E-state index contributed by atoms with van der Waals surface area (Å²) in [6, 6.07) is 10.1. The summed E-state index contributed by atoms with van der Waals surface area (Å²) in [6.07, 6.45) is 0. The van der Waals surface area contributed by atoms with Crippen LogP contribution in [-0.2, 0) is 0 Å². The monoisotopic (exact) mass is 332 g/mol. The zero-order valence-corrected chi connectivity index (χ0v) is 13.7. The molecule has 2 aliphatic rings. The molecule has 122 valence electrons. The Labute approximate surface area is 144 Å². The summed E-state index contributed by atoms with van der Waals surface area (Å²) in [5.74, 6) is -1.26. The van der Waals surface area contributed by atoms with Gasteiger partial charge in [0.2, 0.25) is 19.2 Å². The summed E-state index contributed by atoms with van der Waals surface area (Å²) < 4.78 is 0. The molecule has 0 aliphatic carbocycles. The highest BCUT2D eigenvalue weighted by Gasteiger charge is 2.35. The second kappa shape index (κ2) is 5.14. The SMILES string of the molecule is CBN1C(=O)c2ccc(-c3ccc4c(c3)C(=O)N(C)C4=O)cc2C1=O. The first kappa shape index (κ1) is 15.3. The number of amides is 4. The minimum absolute atomic E-state index is 0.287.